The van der Waals surface area contributed by atoms with Gasteiger partial charge in [-0.3, -0.25) is 4.72 Å². The summed E-state index contributed by atoms with van der Waals surface area (Å²) in [5, 5.41) is 0.359. The molecule has 20 heavy (non-hydrogen) atoms. The molecule has 0 aliphatic carbocycles. The van der Waals surface area contributed by atoms with Gasteiger partial charge in [0.15, 0.2) is 0 Å². The van der Waals surface area contributed by atoms with Crippen LogP contribution in [0.15, 0.2) is 45.8 Å². The van der Waals surface area contributed by atoms with E-state index in [0.29, 0.717) is 9.50 Å². The minimum absolute atomic E-state index is 0.171. The van der Waals surface area contributed by atoms with Crippen LogP contribution >= 0.6 is 27.5 Å². The summed E-state index contributed by atoms with van der Waals surface area (Å²) in [6, 6.07) is 7.81. The first kappa shape index (κ1) is 15.1. The standard InChI is InChI=1S/C12H9BrClFN2O2S/c13-12-8(14)2-1-3-10(12)17-20(18,19)11-5-4-7(15)6-9(11)16/h1-6,17H,16H2. The van der Waals surface area contributed by atoms with Crippen molar-refractivity contribution in [2.75, 3.05) is 10.5 Å². The van der Waals surface area contributed by atoms with Gasteiger partial charge in [-0.05, 0) is 46.3 Å². The molecule has 2 aromatic carbocycles. The Labute approximate surface area is 128 Å². The highest BCUT2D eigenvalue weighted by Gasteiger charge is 2.19. The van der Waals surface area contributed by atoms with Gasteiger partial charge in [-0.1, -0.05) is 17.7 Å². The second-order valence-corrected chi connectivity index (χ2v) is 6.74. The molecule has 106 valence electrons. The van der Waals surface area contributed by atoms with E-state index >= 15 is 0 Å². The lowest BCUT2D eigenvalue weighted by atomic mass is 10.3. The normalized spacial score (nSPS) is 11.3. The zero-order chi connectivity index (χ0) is 14.9. The summed E-state index contributed by atoms with van der Waals surface area (Å²) in [4.78, 5) is -0.203. The second-order valence-electron chi connectivity index (χ2n) is 3.89. The molecule has 0 unspecified atom stereocenters. The van der Waals surface area contributed by atoms with Gasteiger partial charge in [-0.15, -0.1) is 0 Å². The van der Waals surface area contributed by atoms with E-state index in [9.17, 15) is 12.8 Å². The number of benzene rings is 2. The number of halogens is 3. The maximum Gasteiger partial charge on any atom is 0.263 e. The molecular weight excluding hydrogens is 371 g/mol. The topological polar surface area (TPSA) is 72.2 Å². The van der Waals surface area contributed by atoms with Crippen molar-refractivity contribution in [3.63, 3.8) is 0 Å². The molecule has 3 N–H and O–H groups in total. The zero-order valence-electron chi connectivity index (χ0n) is 9.90. The van der Waals surface area contributed by atoms with Gasteiger partial charge >= 0.3 is 0 Å². The molecule has 0 fully saturated rings. The van der Waals surface area contributed by atoms with E-state index in [1.807, 2.05) is 0 Å². The number of anilines is 2. The van der Waals surface area contributed by atoms with E-state index in [2.05, 4.69) is 20.7 Å². The maximum absolute atomic E-state index is 13.0. The Morgan fingerprint density at radius 3 is 2.60 bits per heavy atom. The highest BCUT2D eigenvalue weighted by Crippen LogP contribution is 2.32. The lowest BCUT2D eigenvalue weighted by molar-refractivity contribution is 0.600. The molecule has 0 amide bonds. The van der Waals surface area contributed by atoms with Gasteiger partial charge in [0.25, 0.3) is 10.0 Å². The Kier molecular flexibility index (Phi) is 4.22. The van der Waals surface area contributed by atoms with Crippen molar-refractivity contribution in [2.45, 2.75) is 4.90 Å². The van der Waals surface area contributed by atoms with Gasteiger partial charge in [0, 0.05) is 0 Å². The highest BCUT2D eigenvalue weighted by molar-refractivity contribution is 9.10. The maximum atomic E-state index is 13.0. The van der Waals surface area contributed by atoms with Crippen molar-refractivity contribution >= 4 is 48.9 Å². The fourth-order valence-corrected chi connectivity index (χ4v) is 3.40. The fraction of sp³-hybridized carbons (Fsp3) is 0. The molecule has 0 bridgehead atoms. The molecule has 2 rings (SSSR count). The minimum atomic E-state index is -3.93. The largest absolute Gasteiger partial charge is 0.398 e. The van der Waals surface area contributed by atoms with Gasteiger partial charge in [0.2, 0.25) is 0 Å². The van der Waals surface area contributed by atoms with Crippen LogP contribution in [0.3, 0.4) is 0 Å². The van der Waals surface area contributed by atoms with Gasteiger partial charge in [0.1, 0.15) is 10.7 Å². The number of hydrogen-bond acceptors (Lipinski definition) is 3. The summed E-state index contributed by atoms with van der Waals surface area (Å²) in [5.74, 6) is -0.606. The monoisotopic (exact) mass is 378 g/mol. The average Bonchev–Trinajstić information content (AvgIpc) is 2.34. The van der Waals surface area contributed by atoms with Gasteiger partial charge < -0.3 is 5.73 Å². The van der Waals surface area contributed by atoms with Crippen LogP contribution in [0.2, 0.25) is 5.02 Å². The molecule has 8 heteroatoms. The van der Waals surface area contributed by atoms with Crippen molar-refractivity contribution in [1.29, 1.82) is 0 Å². The number of nitrogen functional groups attached to an aromatic ring is 1. The van der Waals surface area contributed by atoms with E-state index in [0.717, 1.165) is 18.2 Å². The molecule has 0 spiro atoms. The highest BCUT2D eigenvalue weighted by atomic mass is 79.9. The quantitative estimate of drug-likeness (QED) is 0.800. The first-order chi connectivity index (χ1) is 9.31. The molecule has 0 aliphatic heterocycles. The Morgan fingerprint density at radius 2 is 1.95 bits per heavy atom. The third-order valence-electron chi connectivity index (χ3n) is 2.46. The summed E-state index contributed by atoms with van der Waals surface area (Å²) in [7, 11) is -3.93. The summed E-state index contributed by atoms with van der Waals surface area (Å²) < 4.78 is 40.1. The zero-order valence-corrected chi connectivity index (χ0v) is 13.1. The van der Waals surface area contributed by atoms with E-state index < -0.39 is 15.8 Å². The Hall–Kier alpha value is -1.31. The fourth-order valence-electron chi connectivity index (χ4n) is 1.55. The van der Waals surface area contributed by atoms with Crippen molar-refractivity contribution < 1.29 is 12.8 Å². The first-order valence-corrected chi connectivity index (χ1v) is 7.98. The average molecular weight is 380 g/mol. The molecule has 0 atom stereocenters. The van der Waals surface area contributed by atoms with Crippen LogP contribution in [0, 0.1) is 5.82 Å². The number of sulfonamides is 1. The van der Waals surface area contributed by atoms with Gasteiger partial charge in [-0.2, -0.15) is 0 Å². The number of hydrogen-bond donors (Lipinski definition) is 2. The molecular formula is C12H9BrClFN2O2S. The van der Waals surface area contributed by atoms with Crippen LogP contribution in [0.1, 0.15) is 0 Å². The Morgan fingerprint density at radius 1 is 1.25 bits per heavy atom. The predicted molar refractivity (Wildman–Crippen MR) is 80.8 cm³/mol. The molecule has 0 saturated heterocycles. The molecule has 0 radical (unpaired) electrons. The Balaban J connectivity index is 2.44. The number of nitrogens with one attached hydrogen (secondary N) is 1. The van der Waals surface area contributed by atoms with Crippen molar-refractivity contribution in [1.82, 2.24) is 0 Å². The minimum Gasteiger partial charge on any atom is -0.398 e. The third-order valence-corrected chi connectivity index (χ3v) is 5.29. The summed E-state index contributed by atoms with van der Waals surface area (Å²) in [5.41, 5.74) is 5.63. The lowest BCUT2D eigenvalue weighted by Gasteiger charge is -2.12. The molecule has 2 aromatic rings. The summed E-state index contributed by atoms with van der Waals surface area (Å²) in [6.45, 7) is 0. The second kappa shape index (κ2) is 5.59. The van der Waals surface area contributed by atoms with Crippen LogP contribution in [0.25, 0.3) is 0 Å². The van der Waals surface area contributed by atoms with Crippen molar-refractivity contribution in [3.05, 3.63) is 51.7 Å². The molecule has 4 nitrogen and oxygen atoms in total. The van der Waals surface area contributed by atoms with Crippen LogP contribution in [0.5, 0.6) is 0 Å². The van der Waals surface area contributed by atoms with Gasteiger partial charge in [-0.25, -0.2) is 12.8 Å². The van der Waals surface area contributed by atoms with Crippen molar-refractivity contribution in [3.8, 4) is 0 Å². The van der Waals surface area contributed by atoms with E-state index in [1.165, 1.54) is 6.07 Å². The molecule has 0 saturated carbocycles. The lowest BCUT2D eigenvalue weighted by Crippen LogP contribution is -2.15. The predicted octanol–water partition coefficient (Wildman–Crippen LogP) is 3.62. The molecule has 0 aliphatic rings. The smallest absolute Gasteiger partial charge is 0.263 e. The van der Waals surface area contributed by atoms with Crippen LogP contribution in [-0.4, -0.2) is 8.42 Å². The SMILES string of the molecule is Nc1cc(F)ccc1S(=O)(=O)Nc1cccc(Cl)c1Br. The van der Waals surface area contributed by atoms with Crippen LogP contribution in [-0.2, 0) is 10.0 Å². The summed E-state index contributed by atoms with van der Waals surface area (Å²) in [6.07, 6.45) is 0. The molecule has 0 heterocycles. The van der Waals surface area contributed by atoms with Crippen molar-refractivity contribution in [2.24, 2.45) is 0 Å². The van der Waals surface area contributed by atoms with Gasteiger partial charge in [0.05, 0.1) is 20.9 Å². The summed E-state index contributed by atoms with van der Waals surface area (Å²) >= 11 is 9.07. The first-order valence-electron chi connectivity index (χ1n) is 5.33. The van der Waals surface area contributed by atoms with Crippen LogP contribution < -0.4 is 10.5 Å². The molecule has 0 aromatic heterocycles. The van der Waals surface area contributed by atoms with E-state index in [4.69, 9.17) is 17.3 Å². The third kappa shape index (κ3) is 3.05. The van der Waals surface area contributed by atoms with Crippen LogP contribution in [0.4, 0.5) is 15.8 Å². The number of nitrogens with two attached hydrogens (primary N) is 1. The number of rotatable bonds is 3. The van der Waals surface area contributed by atoms with E-state index in [1.54, 1.807) is 12.1 Å². The Bertz CT molecular complexity index is 768. The van der Waals surface area contributed by atoms with E-state index in [-0.39, 0.29) is 16.3 Å².